The molecule has 0 heterocycles. The van der Waals surface area contributed by atoms with Crippen molar-refractivity contribution in [1.82, 2.24) is 5.32 Å². The van der Waals surface area contributed by atoms with Gasteiger partial charge in [-0.3, -0.25) is 4.79 Å². The summed E-state index contributed by atoms with van der Waals surface area (Å²) in [6.07, 6.45) is 0. The van der Waals surface area contributed by atoms with Crippen LogP contribution in [0, 0.1) is 0 Å². The lowest BCUT2D eigenvalue weighted by Gasteiger charge is -2.08. The fourth-order valence-corrected chi connectivity index (χ4v) is 0.393. The van der Waals surface area contributed by atoms with E-state index in [0.717, 1.165) is 0 Å². The van der Waals surface area contributed by atoms with Gasteiger partial charge >= 0.3 is 0 Å². The quantitative estimate of drug-likeness (QED) is 0.496. The molecule has 0 aliphatic carbocycles. The molecule has 62 valence electrons. The van der Waals surface area contributed by atoms with E-state index in [1.807, 2.05) is 6.92 Å². The van der Waals surface area contributed by atoms with Crippen LogP contribution in [0.5, 0.6) is 0 Å². The predicted molar refractivity (Wildman–Crippen MR) is 43.0 cm³/mol. The lowest BCUT2D eigenvalue weighted by molar-refractivity contribution is -0.120. The molecule has 10 heavy (non-hydrogen) atoms. The van der Waals surface area contributed by atoms with Crippen molar-refractivity contribution in [2.75, 3.05) is 13.1 Å². The average Bonchev–Trinajstić information content (AvgIpc) is 1.87. The molecule has 0 spiro atoms. The average molecular weight is 168 g/mol. The molecule has 0 saturated carbocycles. The second-order valence-corrected chi connectivity index (χ2v) is 1.91. The highest BCUT2D eigenvalue weighted by Gasteiger charge is 2.00. The second-order valence-electron chi connectivity index (χ2n) is 1.91. The summed E-state index contributed by atoms with van der Waals surface area (Å²) >= 11 is 0. The van der Waals surface area contributed by atoms with Gasteiger partial charge in [0.1, 0.15) is 0 Å². The van der Waals surface area contributed by atoms with Crippen LogP contribution in [0.2, 0.25) is 0 Å². The number of carbonyl (C=O) groups is 1. The highest BCUT2D eigenvalue weighted by Crippen LogP contribution is 1.73. The van der Waals surface area contributed by atoms with E-state index in [4.69, 9.17) is 11.5 Å². The summed E-state index contributed by atoms with van der Waals surface area (Å²) in [7, 11) is 0. The van der Waals surface area contributed by atoms with Crippen LogP contribution in [0.15, 0.2) is 0 Å². The molecule has 5 N–H and O–H groups in total. The lowest BCUT2D eigenvalue weighted by atomic mass is 10.3. The van der Waals surface area contributed by atoms with Crippen molar-refractivity contribution >= 4 is 18.3 Å². The molecule has 0 aromatic carbocycles. The number of halogens is 1. The highest BCUT2D eigenvalue weighted by atomic mass is 35.5. The van der Waals surface area contributed by atoms with Gasteiger partial charge in [0.25, 0.3) is 0 Å². The van der Waals surface area contributed by atoms with E-state index < -0.39 is 0 Å². The third kappa shape index (κ3) is 5.81. The summed E-state index contributed by atoms with van der Waals surface area (Å²) in [6.45, 7) is 2.31. The minimum Gasteiger partial charge on any atom is -0.351 e. The molecule has 0 bridgehead atoms. The zero-order valence-corrected chi connectivity index (χ0v) is 6.78. The van der Waals surface area contributed by atoms with E-state index in [1.165, 1.54) is 0 Å². The molecule has 0 fully saturated rings. The van der Waals surface area contributed by atoms with Crippen molar-refractivity contribution in [2.45, 2.75) is 13.0 Å². The molecular weight excluding hydrogens is 154 g/mol. The van der Waals surface area contributed by atoms with Crippen LogP contribution in [0.1, 0.15) is 6.92 Å². The molecule has 0 aliphatic heterocycles. The maximum atomic E-state index is 10.5. The Morgan fingerprint density at radius 2 is 2.10 bits per heavy atom. The molecule has 0 aromatic heterocycles. The van der Waals surface area contributed by atoms with Crippen LogP contribution in [0.4, 0.5) is 0 Å². The monoisotopic (exact) mass is 167 g/mol. The highest BCUT2D eigenvalue weighted by molar-refractivity contribution is 5.85. The summed E-state index contributed by atoms with van der Waals surface area (Å²) in [5.74, 6) is -0.159. The summed E-state index contributed by atoms with van der Waals surface area (Å²) < 4.78 is 0. The summed E-state index contributed by atoms with van der Waals surface area (Å²) in [4.78, 5) is 10.5. The number of rotatable bonds is 3. The van der Waals surface area contributed by atoms with E-state index in [9.17, 15) is 4.79 Å². The summed E-state index contributed by atoms with van der Waals surface area (Å²) in [6, 6.07) is 0.0287. The first-order chi connectivity index (χ1) is 4.20. The van der Waals surface area contributed by atoms with Crippen molar-refractivity contribution in [3.8, 4) is 0 Å². The fraction of sp³-hybridized carbons (Fsp3) is 0.800. The van der Waals surface area contributed by atoms with Gasteiger partial charge in [0, 0.05) is 12.6 Å². The number of hydrogen-bond acceptors (Lipinski definition) is 3. The van der Waals surface area contributed by atoms with Gasteiger partial charge in [0.15, 0.2) is 0 Å². The van der Waals surface area contributed by atoms with Gasteiger partial charge in [-0.2, -0.15) is 0 Å². The van der Waals surface area contributed by atoms with E-state index in [-0.39, 0.29) is 30.9 Å². The van der Waals surface area contributed by atoms with Crippen molar-refractivity contribution in [1.29, 1.82) is 0 Å². The lowest BCUT2D eigenvalue weighted by Crippen LogP contribution is -2.40. The smallest absolute Gasteiger partial charge is 0.233 e. The first-order valence-electron chi connectivity index (χ1n) is 2.90. The molecule has 5 heteroatoms. The normalized spacial score (nSPS) is 11.5. The SMILES string of the molecule is C[C@@H](CN)NC(=O)CN.Cl. The van der Waals surface area contributed by atoms with Gasteiger partial charge < -0.3 is 16.8 Å². The van der Waals surface area contributed by atoms with E-state index in [0.29, 0.717) is 6.54 Å². The van der Waals surface area contributed by atoms with Gasteiger partial charge in [-0.15, -0.1) is 12.4 Å². The Labute approximate surface area is 66.7 Å². The molecule has 4 nitrogen and oxygen atoms in total. The third-order valence-electron chi connectivity index (χ3n) is 0.946. The van der Waals surface area contributed by atoms with Crippen molar-refractivity contribution in [3.63, 3.8) is 0 Å². The standard InChI is InChI=1S/C5H13N3O.ClH/c1-4(2-6)8-5(9)3-7;/h4H,2-3,6-7H2,1H3,(H,8,9);1H/t4-;/m0./s1. The maximum absolute atomic E-state index is 10.5. The number of carbonyl (C=O) groups excluding carboxylic acids is 1. The number of hydrogen-bond donors (Lipinski definition) is 3. The summed E-state index contributed by atoms with van der Waals surface area (Å²) in [5, 5.41) is 2.59. The molecule has 0 aromatic rings. The van der Waals surface area contributed by atoms with E-state index in [2.05, 4.69) is 5.32 Å². The predicted octanol–water partition coefficient (Wildman–Crippen LogP) is -1.17. The minimum atomic E-state index is -0.159. The van der Waals surface area contributed by atoms with Crippen molar-refractivity contribution in [2.24, 2.45) is 11.5 Å². The van der Waals surface area contributed by atoms with Gasteiger partial charge in [-0.1, -0.05) is 0 Å². The Bertz CT molecular complexity index is 98.9. The van der Waals surface area contributed by atoms with Crippen LogP contribution in [0.3, 0.4) is 0 Å². The van der Waals surface area contributed by atoms with Gasteiger partial charge in [0.05, 0.1) is 6.54 Å². The van der Waals surface area contributed by atoms with Crippen molar-refractivity contribution < 1.29 is 4.79 Å². The zero-order chi connectivity index (χ0) is 7.28. The number of nitrogens with one attached hydrogen (secondary N) is 1. The fourth-order valence-electron chi connectivity index (χ4n) is 0.393. The van der Waals surface area contributed by atoms with Crippen LogP contribution in [-0.4, -0.2) is 25.0 Å². The Kier molecular flexibility index (Phi) is 8.40. The molecular formula is C5H14ClN3O. The largest absolute Gasteiger partial charge is 0.351 e. The van der Waals surface area contributed by atoms with Crippen molar-refractivity contribution in [3.05, 3.63) is 0 Å². The molecule has 0 radical (unpaired) electrons. The first kappa shape index (κ1) is 12.4. The van der Waals surface area contributed by atoms with E-state index in [1.54, 1.807) is 0 Å². The van der Waals surface area contributed by atoms with E-state index >= 15 is 0 Å². The Morgan fingerprint density at radius 1 is 1.60 bits per heavy atom. The Balaban J connectivity index is 0. The number of nitrogens with two attached hydrogens (primary N) is 2. The molecule has 0 rings (SSSR count). The van der Waals surface area contributed by atoms with Crippen LogP contribution < -0.4 is 16.8 Å². The molecule has 0 aliphatic rings. The van der Waals surface area contributed by atoms with Crippen LogP contribution in [0.25, 0.3) is 0 Å². The van der Waals surface area contributed by atoms with Gasteiger partial charge in [-0.25, -0.2) is 0 Å². The van der Waals surface area contributed by atoms with Gasteiger partial charge in [-0.05, 0) is 6.92 Å². The van der Waals surface area contributed by atoms with Gasteiger partial charge in [0.2, 0.25) is 5.91 Å². The molecule has 1 atom stereocenters. The molecule has 0 saturated heterocycles. The van der Waals surface area contributed by atoms with Crippen LogP contribution in [-0.2, 0) is 4.79 Å². The van der Waals surface area contributed by atoms with Crippen LogP contribution >= 0.6 is 12.4 Å². The first-order valence-corrected chi connectivity index (χ1v) is 2.90. The second kappa shape index (κ2) is 6.80. The number of amides is 1. The summed E-state index contributed by atoms with van der Waals surface area (Å²) in [5.41, 5.74) is 10.2. The molecule has 0 unspecified atom stereocenters. The topological polar surface area (TPSA) is 81.1 Å². The molecule has 1 amide bonds. The third-order valence-corrected chi connectivity index (χ3v) is 0.946. The Morgan fingerprint density at radius 3 is 2.40 bits per heavy atom. The minimum absolute atomic E-state index is 0. The Hall–Kier alpha value is -0.320. The maximum Gasteiger partial charge on any atom is 0.233 e. The zero-order valence-electron chi connectivity index (χ0n) is 5.96.